The van der Waals surface area contributed by atoms with Crippen molar-refractivity contribution < 1.29 is 22.7 Å². The van der Waals surface area contributed by atoms with E-state index in [4.69, 9.17) is 9.47 Å². The van der Waals surface area contributed by atoms with E-state index in [0.717, 1.165) is 17.8 Å². The van der Waals surface area contributed by atoms with Crippen LogP contribution in [0.25, 0.3) is 0 Å². The molecule has 10 heteroatoms. The van der Waals surface area contributed by atoms with Gasteiger partial charge in [-0.3, -0.25) is 9.52 Å². The average molecular weight is 383 g/mol. The fraction of sp³-hybridized carbons (Fsp3) is 0.333. The van der Waals surface area contributed by atoms with Crippen molar-refractivity contribution >= 4 is 32.4 Å². The molecule has 1 aliphatic heterocycles. The van der Waals surface area contributed by atoms with Crippen molar-refractivity contribution in [2.45, 2.75) is 17.7 Å². The first-order valence-electron chi connectivity index (χ1n) is 7.47. The van der Waals surface area contributed by atoms with Crippen molar-refractivity contribution in [3.63, 3.8) is 0 Å². The summed E-state index contributed by atoms with van der Waals surface area (Å²) in [5.74, 6) is 0.411. The molecule has 1 aliphatic rings. The maximum absolute atomic E-state index is 12.7. The lowest BCUT2D eigenvalue weighted by Gasteiger charge is -2.11. The monoisotopic (exact) mass is 383 g/mol. The molecule has 3 rings (SSSR count). The van der Waals surface area contributed by atoms with Gasteiger partial charge in [0.2, 0.25) is 0 Å². The van der Waals surface area contributed by atoms with Crippen molar-refractivity contribution in [3.8, 4) is 11.5 Å². The topological polar surface area (TPSA) is 107 Å². The zero-order chi connectivity index (χ0) is 18.0. The summed E-state index contributed by atoms with van der Waals surface area (Å²) in [7, 11) is -1.06. The number of aromatic nitrogens is 1. The van der Waals surface area contributed by atoms with E-state index in [9.17, 15) is 13.2 Å². The van der Waals surface area contributed by atoms with Crippen molar-refractivity contribution in [2.24, 2.45) is 0 Å². The Kier molecular flexibility index (Phi) is 4.82. The molecule has 0 radical (unpaired) electrons. The number of carbonyl (C=O) groups is 1. The van der Waals surface area contributed by atoms with Gasteiger partial charge in [0.05, 0.1) is 19.9 Å². The van der Waals surface area contributed by atoms with E-state index in [2.05, 4.69) is 15.0 Å². The van der Waals surface area contributed by atoms with Crippen LogP contribution < -0.4 is 19.5 Å². The Morgan fingerprint density at radius 1 is 1.28 bits per heavy atom. The summed E-state index contributed by atoms with van der Waals surface area (Å²) >= 11 is 1.02. The van der Waals surface area contributed by atoms with Crippen LogP contribution in [-0.4, -0.2) is 40.1 Å². The van der Waals surface area contributed by atoms with Crippen molar-refractivity contribution in [1.29, 1.82) is 0 Å². The van der Waals surface area contributed by atoms with Crippen molar-refractivity contribution in [1.82, 2.24) is 10.3 Å². The van der Waals surface area contributed by atoms with E-state index in [0.29, 0.717) is 29.3 Å². The van der Waals surface area contributed by atoms with Crippen LogP contribution in [0.1, 0.15) is 21.8 Å². The molecule has 1 amide bonds. The van der Waals surface area contributed by atoms with Crippen LogP contribution in [0.2, 0.25) is 0 Å². The molecule has 0 atom stereocenters. The smallest absolute Gasteiger partial charge is 0.267 e. The maximum Gasteiger partial charge on any atom is 0.267 e. The Balaban J connectivity index is 1.92. The van der Waals surface area contributed by atoms with E-state index in [1.165, 1.54) is 32.4 Å². The van der Waals surface area contributed by atoms with Crippen LogP contribution in [-0.2, 0) is 16.4 Å². The normalized spacial score (nSPS) is 14.2. The number of aryl methyl sites for hydroxylation is 1. The number of anilines is 1. The first-order chi connectivity index (χ1) is 11.9. The number of thiazole rings is 1. The van der Waals surface area contributed by atoms with Gasteiger partial charge in [0.25, 0.3) is 15.9 Å². The van der Waals surface area contributed by atoms with Gasteiger partial charge < -0.3 is 14.8 Å². The fourth-order valence-electron chi connectivity index (χ4n) is 2.45. The van der Waals surface area contributed by atoms with Crippen LogP contribution in [0.5, 0.6) is 11.5 Å². The number of methoxy groups -OCH3 is 2. The number of nitrogens with zero attached hydrogens (tertiary/aromatic N) is 1. The summed E-state index contributed by atoms with van der Waals surface area (Å²) in [6, 6.07) is 4.41. The average Bonchev–Trinajstić information content (AvgIpc) is 2.91. The predicted molar refractivity (Wildman–Crippen MR) is 93.1 cm³/mol. The van der Waals surface area contributed by atoms with Gasteiger partial charge in [0, 0.05) is 12.6 Å². The highest BCUT2D eigenvalue weighted by Crippen LogP contribution is 2.32. The Morgan fingerprint density at radius 3 is 2.80 bits per heavy atom. The van der Waals surface area contributed by atoms with E-state index in [-0.39, 0.29) is 21.7 Å². The Morgan fingerprint density at radius 2 is 2.08 bits per heavy atom. The molecule has 0 unspecified atom stereocenters. The third-order valence-electron chi connectivity index (χ3n) is 3.66. The molecule has 0 fully saturated rings. The van der Waals surface area contributed by atoms with Crippen molar-refractivity contribution in [2.75, 3.05) is 25.5 Å². The molecular weight excluding hydrogens is 366 g/mol. The molecule has 1 aromatic carbocycles. The molecule has 134 valence electrons. The molecular formula is C15H17N3O5S2. The molecule has 2 N–H and O–H groups in total. The lowest BCUT2D eigenvalue weighted by molar-refractivity contribution is 0.0960. The standard InChI is InChI=1S/C15H17N3O5S2/c1-22-9-5-6-12(11(8-9)23-2)25(20,21)18-15-17-10-4-3-7-16-14(19)13(10)24-15/h5-6,8H,3-4,7H2,1-2H3,(H,16,19)(H,17,18). The summed E-state index contributed by atoms with van der Waals surface area (Å²) in [5.41, 5.74) is 0.611. The highest BCUT2D eigenvalue weighted by Gasteiger charge is 2.25. The quantitative estimate of drug-likeness (QED) is 0.813. The lowest BCUT2D eigenvalue weighted by Crippen LogP contribution is -2.21. The molecule has 1 aromatic heterocycles. The van der Waals surface area contributed by atoms with Gasteiger partial charge in [-0.1, -0.05) is 11.3 Å². The number of nitrogens with one attached hydrogen (secondary N) is 2. The van der Waals surface area contributed by atoms with Crippen molar-refractivity contribution in [3.05, 3.63) is 28.8 Å². The van der Waals surface area contributed by atoms with Gasteiger partial charge in [-0.25, -0.2) is 13.4 Å². The zero-order valence-electron chi connectivity index (χ0n) is 13.7. The van der Waals surface area contributed by atoms with Gasteiger partial charge in [0.15, 0.2) is 5.13 Å². The summed E-state index contributed by atoms with van der Waals surface area (Å²) in [5, 5.41) is 2.91. The van der Waals surface area contributed by atoms with Gasteiger partial charge in [-0.15, -0.1) is 0 Å². The summed E-state index contributed by atoms with van der Waals surface area (Å²) in [4.78, 5) is 16.6. The largest absolute Gasteiger partial charge is 0.497 e. The minimum absolute atomic E-state index is 0.0364. The number of rotatable bonds is 5. The highest BCUT2D eigenvalue weighted by atomic mass is 32.2. The third kappa shape index (κ3) is 3.54. The van der Waals surface area contributed by atoms with E-state index >= 15 is 0 Å². The summed E-state index contributed by atoms with van der Waals surface area (Å²) < 4.78 is 38.0. The van der Waals surface area contributed by atoms with Crippen LogP contribution in [0.3, 0.4) is 0 Å². The van der Waals surface area contributed by atoms with Crippen LogP contribution >= 0.6 is 11.3 Å². The second kappa shape index (κ2) is 6.89. The van der Waals surface area contributed by atoms with Crippen LogP contribution in [0.15, 0.2) is 23.1 Å². The molecule has 0 spiro atoms. The maximum atomic E-state index is 12.7. The zero-order valence-corrected chi connectivity index (χ0v) is 15.3. The number of benzene rings is 1. The lowest BCUT2D eigenvalue weighted by atomic mass is 10.2. The number of amides is 1. The Labute approximate surface area is 149 Å². The molecule has 25 heavy (non-hydrogen) atoms. The van der Waals surface area contributed by atoms with E-state index < -0.39 is 10.0 Å². The molecule has 0 saturated heterocycles. The number of ether oxygens (including phenoxy) is 2. The van der Waals surface area contributed by atoms with Gasteiger partial charge in [-0.2, -0.15) is 0 Å². The minimum atomic E-state index is -3.92. The SMILES string of the molecule is COc1ccc(S(=O)(=O)Nc2nc3c(s2)C(=O)NCCC3)c(OC)c1. The highest BCUT2D eigenvalue weighted by molar-refractivity contribution is 7.93. The molecule has 0 saturated carbocycles. The molecule has 0 aliphatic carbocycles. The van der Waals surface area contributed by atoms with E-state index in [1.807, 2.05) is 0 Å². The minimum Gasteiger partial charge on any atom is -0.497 e. The first kappa shape index (κ1) is 17.5. The molecule has 2 aromatic rings. The summed E-state index contributed by atoms with van der Waals surface area (Å²) in [6.45, 7) is 0.589. The second-order valence-electron chi connectivity index (χ2n) is 5.28. The number of hydrogen-bond donors (Lipinski definition) is 2. The Bertz CT molecular complexity index is 908. The van der Waals surface area contributed by atoms with E-state index in [1.54, 1.807) is 0 Å². The number of fused-ring (bicyclic) bond motifs is 1. The Hall–Kier alpha value is -2.33. The van der Waals surface area contributed by atoms with Gasteiger partial charge >= 0.3 is 0 Å². The number of sulfonamides is 1. The molecule has 8 nitrogen and oxygen atoms in total. The summed E-state index contributed by atoms with van der Waals surface area (Å²) in [6.07, 6.45) is 1.39. The third-order valence-corrected chi connectivity index (χ3v) is 6.18. The van der Waals surface area contributed by atoms with Gasteiger partial charge in [0.1, 0.15) is 21.3 Å². The van der Waals surface area contributed by atoms with Crippen LogP contribution in [0.4, 0.5) is 5.13 Å². The first-order valence-corrected chi connectivity index (χ1v) is 9.77. The van der Waals surface area contributed by atoms with Gasteiger partial charge in [-0.05, 0) is 25.0 Å². The fourth-order valence-corrected chi connectivity index (χ4v) is 4.76. The number of carbonyl (C=O) groups excluding carboxylic acids is 1. The second-order valence-corrected chi connectivity index (χ2v) is 7.93. The van der Waals surface area contributed by atoms with Crippen LogP contribution in [0, 0.1) is 0 Å². The predicted octanol–water partition coefficient (Wildman–Crippen LogP) is 1.64. The molecule has 2 heterocycles. The number of hydrogen-bond acceptors (Lipinski definition) is 7. The molecule has 0 bridgehead atoms.